The first kappa shape index (κ1) is 20.8. The molecule has 2 amide bonds. The van der Waals surface area contributed by atoms with Crippen LogP contribution in [0.15, 0.2) is 24.3 Å². The summed E-state index contributed by atoms with van der Waals surface area (Å²) in [5.74, 6) is 0.894. The molecule has 0 radical (unpaired) electrons. The van der Waals surface area contributed by atoms with Crippen molar-refractivity contribution in [3.8, 4) is 0 Å². The lowest BCUT2D eigenvalue weighted by Gasteiger charge is -2.16. The molecule has 2 rings (SSSR count). The summed E-state index contributed by atoms with van der Waals surface area (Å²) >= 11 is 1.68. The van der Waals surface area contributed by atoms with E-state index in [9.17, 15) is 9.59 Å². The van der Waals surface area contributed by atoms with Crippen LogP contribution in [0.25, 0.3) is 0 Å². The molecule has 134 valence electrons. The van der Waals surface area contributed by atoms with Gasteiger partial charge in [-0.05, 0) is 36.0 Å². The van der Waals surface area contributed by atoms with Crippen LogP contribution >= 0.6 is 24.2 Å². The first-order valence-electron chi connectivity index (χ1n) is 7.98. The van der Waals surface area contributed by atoms with Gasteiger partial charge in [-0.25, -0.2) is 0 Å². The Morgan fingerprint density at radius 1 is 1.29 bits per heavy atom. The molecular formula is C17H26ClN3O2S. The predicted octanol–water partition coefficient (Wildman–Crippen LogP) is 1.93. The van der Waals surface area contributed by atoms with Crippen molar-refractivity contribution >= 4 is 36.0 Å². The van der Waals surface area contributed by atoms with Gasteiger partial charge in [0.25, 0.3) is 0 Å². The van der Waals surface area contributed by atoms with E-state index < -0.39 is 6.04 Å². The van der Waals surface area contributed by atoms with Crippen molar-refractivity contribution in [2.45, 2.75) is 38.4 Å². The standard InChI is InChI=1S/C17H25N3O2S.ClH/c1-23-10-8-15(18)17(22)19-9-4-7-16(21)20-11-13-5-2-3-6-14(13)12-20;/h2-3,5-6,15H,4,7-12,18H2,1H3,(H,19,22);1H/t15-;/m0./s1. The van der Waals surface area contributed by atoms with Gasteiger partial charge < -0.3 is 16.0 Å². The molecule has 5 nitrogen and oxygen atoms in total. The third-order valence-corrected chi connectivity index (χ3v) is 4.67. The number of nitrogens with zero attached hydrogens (tertiary/aromatic N) is 1. The topological polar surface area (TPSA) is 75.4 Å². The monoisotopic (exact) mass is 371 g/mol. The fourth-order valence-corrected chi connectivity index (χ4v) is 3.12. The summed E-state index contributed by atoms with van der Waals surface area (Å²) < 4.78 is 0. The zero-order valence-corrected chi connectivity index (χ0v) is 15.6. The fraction of sp³-hybridized carbons (Fsp3) is 0.529. The SMILES string of the molecule is CSCC[C@H](N)C(=O)NCCCC(=O)N1Cc2ccccc2C1.Cl. The minimum absolute atomic E-state index is 0. The molecule has 0 saturated carbocycles. The molecule has 1 aliphatic rings. The maximum absolute atomic E-state index is 12.2. The third kappa shape index (κ3) is 6.00. The van der Waals surface area contributed by atoms with E-state index in [1.165, 1.54) is 11.1 Å². The number of hydrogen-bond acceptors (Lipinski definition) is 4. The molecule has 0 spiro atoms. The van der Waals surface area contributed by atoms with Gasteiger partial charge in [-0.1, -0.05) is 24.3 Å². The number of carbonyl (C=O) groups is 2. The van der Waals surface area contributed by atoms with Crippen LogP contribution < -0.4 is 11.1 Å². The predicted molar refractivity (Wildman–Crippen MR) is 101 cm³/mol. The van der Waals surface area contributed by atoms with Crippen LogP contribution in [0.1, 0.15) is 30.4 Å². The highest BCUT2D eigenvalue weighted by Crippen LogP contribution is 2.22. The number of halogens is 1. The molecule has 3 N–H and O–H groups in total. The molecule has 1 aromatic carbocycles. The van der Waals surface area contributed by atoms with Crippen LogP contribution in [0.4, 0.5) is 0 Å². The van der Waals surface area contributed by atoms with Gasteiger partial charge in [0, 0.05) is 26.1 Å². The molecule has 1 heterocycles. The van der Waals surface area contributed by atoms with Crippen LogP contribution in [-0.2, 0) is 22.7 Å². The molecule has 0 bridgehead atoms. The average molecular weight is 372 g/mol. The van der Waals surface area contributed by atoms with Crippen molar-refractivity contribution in [1.82, 2.24) is 10.2 Å². The van der Waals surface area contributed by atoms with Crippen LogP contribution in [-0.4, -0.2) is 41.3 Å². The third-order valence-electron chi connectivity index (χ3n) is 4.03. The summed E-state index contributed by atoms with van der Waals surface area (Å²) in [6.45, 7) is 1.89. The number of nitrogens with one attached hydrogen (secondary N) is 1. The van der Waals surface area contributed by atoms with Gasteiger partial charge in [0.2, 0.25) is 11.8 Å². The summed E-state index contributed by atoms with van der Waals surface area (Å²) in [6.07, 6.45) is 3.77. The molecule has 0 aromatic heterocycles. The van der Waals surface area contributed by atoms with E-state index in [4.69, 9.17) is 5.73 Å². The van der Waals surface area contributed by atoms with Crippen molar-refractivity contribution in [3.05, 3.63) is 35.4 Å². The van der Waals surface area contributed by atoms with E-state index in [0.29, 0.717) is 38.9 Å². The Morgan fingerprint density at radius 2 is 1.92 bits per heavy atom. The second kappa shape index (κ2) is 10.6. The zero-order chi connectivity index (χ0) is 16.7. The van der Waals surface area contributed by atoms with Gasteiger partial charge >= 0.3 is 0 Å². The molecule has 0 saturated heterocycles. The van der Waals surface area contributed by atoms with Crippen LogP contribution in [0.2, 0.25) is 0 Å². The molecular weight excluding hydrogens is 346 g/mol. The summed E-state index contributed by atoms with van der Waals surface area (Å²) in [5, 5.41) is 2.81. The number of fused-ring (bicyclic) bond motifs is 1. The molecule has 0 fully saturated rings. The van der Waals surface area contributed by atoms with Gasteiger partial charge in [0.05, 0.1) is 6.04 Å². The molecule has 1 aliphatic heterocycles. The number of benzene rings is 1. The van der Waals surface area contributed by atoms with E-state index in [2.05, 4.69) is 17.4 Å². The van der Waals surface area contributed by atoms with Gasteiger partial charge in [-0.15, -0.1) is 12.4 Å². The Bertz CT molecular complexity index is 531. The van der Waals surface area contributed by atoms with E-state index in [1.807, 2.05) is 23.3 Å². The Morgan fingerprint density at radius 3 is 2.50 bits per heavy atom. The van der Waals surface area contributed by atoms with E-state index >= 15 is 0 Å². The van der Waals surface area contributed by atoms with Crippen molar-refractivity contribution in [2.24, 2.45) is 5.73 Å². The quantitative estimate of drug-likeness (QED) is 0.684. The summed E-state index contributed by atoms with van der Waals surface area (Å²) in [5.41, 5.74) is 8.25. The highest BCUT2D eigenvalue weighted by atomic mass is 35.5. The number of carbonyl (C=O) groups excluding carboxylic acids is 2. The molecule has 1 atom stereocenters. The largest absolute Gasteiger partial charge is 0.355 e. The number of thioether (sulfide) groups is 1. The number of nitrogens with two attached hydrogens (primary N) is 1. The second-order valence-corrected chi connectivity index (χ2v) is 6.79. The Labute approximate surface area is 154 Å². The van der Waals surface area contributed by atoms with Crippen LogP contribution in [0.5, 0.6) is 0 Å². The zero-order valence-electron chi connectivity index (χ0n) is 14.0. The maximum Gasteiger partial charge on any atom is 0.236 e. The molecule has 0 aliphatic carbocycles. The maximum atomic E-state index is 12.2. The smallest absolute Gasteiger partial charge is 0.236 e. The van der Waals surface area contributed by atoms with Gasteiger partial charge in [-0.2, -0.15) is 11.8 Å². The number of amides is 2. The van der Waals surface area contributed by atoms with Gasteiger partial charge in [0.1, 0.15) is 0 Å². The minimum Gasteiger partial charge on any atom is -0.355 e. The first-order chi connectivity index (χ1) is 11.1. The Balaban J connectivity index is 0.00000288. The normalized spacial score (nSPS) is 13.8. The number of hydrogen-bond donors (Lipinski definition) is 2. The van der Waals surface area contributed by atoms with Crippen LogP contribution in [0, 0.1) is 0 Å². The Kier molecular flexibility index (Phi) is 9.18. The minimum atomic E-state index is -0.453. The average Bonchev–Trinajstić information content (AvgIpc) is 3.00. The van der Waals surface area contributed by atoms with Gasteiger partial charge in [-0.3, -0.25) is 9.59 Å². The Hall–Kier alpha value is -1.24. The fourth-order valence-electron chi connectivity index (χ4n) is 2.63. The van der Waals surface area contributed by atoms with Crippen molar-refractivity contribution in [1.29, 1.82) is 0 Å². The van der Waals surface area contributed by atoms with Crippen molar-refractivity contribution < 1.29 is 9.59 Å². The second-order valence-electron chi connectivity index (χ2n) is 5.80. The lowest BCUT2D eigenvalue weighted by Crippen LogP contribution is -2.41. The molecule has 7 heteroatoms. The van der Waals surface area contributed by atoms with Crippen molar-refractivity contribution in [3.63, 3.8) is 0 Å². The van der Waals surface area contributed by atoms with Crippen LogP contribution in [0.3, 0.4) is 0 Å². The molecule has 24 heavy (non-hydrogen) atoms. The van der Waals surface area contributed by atoms with E-state index in [0.717, 1.165) is 5.75 Å². The lowest BCUT2D eigenvalue weighted by atomic mass is 10.1. The summed E-state index contributed by atoms with van der Waals surface area (Å²) in [7, 11) is 0. The van der Waals surface area contributed by atoms with Gasteiger partial charge in [0.15, 0.2) is 0 Å². The number of rotatable bonds is 8. The van der Waals surface area contributed by atoms with E-state index in [-0.39, 0.29) is 24.2 Å². The first-order valence-corrected chi connectivity index (χ1v) is 9.38. The highest BCUT2D eigenvalue weighted by Gasteiger charge is 2.22. The molecule has 0 unspecified atom stereocenters. The van der Waals surface area contributed by atoms with E-state index in [1.54, 1.807) is 11.8 Å². The summed E-state index contributed by atoms with van der Waals surface area (Å²) in [4.78, 5) is 25.8. The van der Waals surface area contributed by atoms with Crippen molar-refractivity contribution in [2.75, 3.05) is 18.6 Å². The molecule has 1 aromatic rings. The lowest BCUT2D eigenvalue weighted by molar-refractivity contribution is -0.132. The summed E-state index contributed by atoms with van der Waals surface area (Å²) in [6, 6.07) is 7.69. The highest BCUT2D eigenvalue weighted by molar-refractivity contribution is 7.98.